The number of nitrogens with one attached hydrogen (secondary N) is 1. The number of aryl methyl sites for hydroxylation is 1. The number of amides is 1. The Kier molecular flexibility index (Phi) is 6.08. The van der Waals surface area contributed by atoms with E-state index in [1.165, 1.54) is 4.88 Å². The zero-order valence-corrected chi connectivity index (χ0v) is 17.8. The van der Waals surface area contributed by atoms with Crippen LogP contribution in [0.2, 0.25) is 0 Å². The Morgan fingerprint density at radius 1 is 1.03 bits per heavy atom. The number of piperazine rings is 1. The predicted molar refractivity (Wildman–Crippen MR) is 118 cm³/mol. The van der Waals surface area contributed by atoms with Gasteiger partial charge in [0.2, 0.25) is 5.91 Å². The van der Waals surface area contributed by atoms with Gasteiger partial charge in [0.1, 0.15) is 0 Å². The number of benzene rings is 1. The molecule has 4 rings (SSSR count). The molecule has 0 saturated carbocycles. The van der Waals surface area contributed by atoms with Gasteiger partial charge in [-0.3, -0.25) is 14.6 Å². The predicted octanol–water partition coefficient (Wildman–Crippen LogP) is 3.31. The molecule has 1 aliphatic rings. The molecule has 0 unspecified atom stereocenters. The number of nitrogens with zero attached hydrogens (tertiary/aromatic N) is 4. The molecule has 0 aliphatic carbocycles. The van der Waals surface area contributed by atoms with Crippen LogP contribution in [0, 0.1) is 13.8 Å². The summed E-state index contributed by atoms with van der Waals surface area (Å²) in [5, 5.41) is 9.82. The lowest BCUT2D eigenvalue weighted by Crippen LogP contribution is -2.48. The Morgan fingerprint density at radius 2 is 1.76 bits per heavy atom. The number of hydrogen-bond donors (Lipinski definition) is 1. The molecule has 3 aromatic rings. The summed E-state index contributed by atoms with van der Waals surface area (Å²) < 4.78 is 1.88. The first kappa shape index (κ1) is 19.8. The van der Waals surface area contributed by atoms with Crippen molar-refractivity contribution in [1.29, 1.82) is 0 Å². The van der Waals surface area contributed by atoms with Gasteiger partial charge in [-0.15, -0.1) is 11.3 Å². The number of aromatic nitrogens is 2. The zero-order chi connectivity index (χ0) is 20.2. The minimum atomic E-state index is 0.0236. The van der Waals surface area contributed by atoms with Gasteiger partial charge in [0.25, 0.3) is 0 Å². The second-order valence-corrected chi connectivity index (χ2v) is 8.51. The summed E-state index contributed by atoms with van der Waals surface area (Å²) in [4.78, 5) is 18.8. The van der Waals surface area contributed by atoms with Gasteiger partial charge in [-0.25, -0.2) is 4.68 Å². The molecule has 0 radical (unpaired) electrons. The van der Waals surface area contributed by atoms with Crippen LogP contribution in [0.3, 0.4) is 0 Å². The van der Waals surface area contributed by atoms with E-state index in [0.717, 1.165) is 55.5 Å². The van der Waals surface area contributed by atoms with Crippen molar-refractivity contribution in [3.8, 4) is 5.69 Å². The van der Waals surface area contributed by atoms with E-state index < -0.39 is 0 Å². The lowest BCUT2D eigenvalue weighted by molar-refractivity contribution is -0.117. The van der Waals surface area contributed by atoms with E-state index >= 15 is 0 Å². The van der Waals surface area contributed by atoms with Crippen LogP contribution in [0.5, 0.6) is 0 Å². The normalized spacial score (nSPS) is 15.5. The molecule has 1 N–H and O–H groups in total. The molecule has 0 atom stereocenters. The highest BCUT2D eigenvalue weighted by atomic mass is 32.1. The first-order chi connectivity index (χ1) is 14.1. The summed E-state index contributed by atoms with van der Waals surface area (Å²) in [5.41, 5.74) is 3.59. The highest BCUT2D eigenvalue weighted by Gasteiger charge is 2.21. The summed E-state index contributed by atoms with van der Waals surface area (Å²) in [6.07, 6.45) is 0. The molecule has 1 aromatic carbocycles. The molecule has 6 nitrogen and oxygen atoms in total. The first-order valence-corrected chi connectivity index (χ1v) is 10.9. The summed E-state index contributed by atoms with van der Waals surface area (Å²) in [6, 6.07) is 14.3. The van der Waals surface area contributed by atoms with Crippen molar-refractivity contribution in [3.05, 3.63) is 64.1 Å². The van der Waals surface area contributed by atoms with Crippen molar-refractivity contribution in [2.45, 2.75) is 20.4 Å². The zero-order valence-electron chi connectivity index (χ0n) is 17.0. The van der Waals surface area contributed by atoms with Crippen LogP contribution in [0.4, 0.5) is 5.69 Å². The topological polar surface area (TPSA) is 53.4 Å². The van der Waals surface area contributed by atoms with Crippen molar-refractivity contribution in [3.63, 3.8) is 0 Å². The third-order valence-corrected chi connectivity index (χ3v) is 6.21. The smallest absolute Gasteiger partial charge is 0.238 e. The summed E-state index contributed by atoms with van der Waals surface area (Å²) in [5.74, 6) is 0.0236. The SMILES string of the molecule is Cc1nn(-c2ccccc2)c(C)c1NC(=O)CN1CCN(Cc2cccs2)CC1. The van der Waals surface area contributed by atoms with Gasteiger partial charge in [-0.2, -0.15) is 5.10 Å². The highest BCUT2D eigenvalue weighted by Crippen LogP contribution is 2.22. The number of thiophene rings is 1. The van der Waals surface area contributed by atoms with E-state index in [9.17, 15) is 4.79 Å². The third kappa shape index (κ3) is 4.75. The standard InChI is InChI=1S/C22H27N5OS/c1-17-22(18(2)27(24-17)19-7-4-3-5-8-19)23-21(28)16-26-12-10-25(11-13-26)15-20-9-6-14-29-20/h3-9,14H,10-13,15-16H2,1-2H3,(H,23,28). The van der Waals surface area contributed by atoms with Gasteiger partial charge in [-0.05, 0) is 37.4 Å². The van der Waals surface area contributed by atoms with Gasteiger partial charge in [0.15, 0.2) is 0 Å². The first-order valence-electron chi connectivity index (χ1n) is 9.99. The number of carbonyl (C=O) groups excluding carboxylic acids is 1. The minimum absolute atomic E-state index is 0.0236. The van der Waals surface area contributed by atoms with Crippen LogP contribution in [-0.4, -0.2) is 58.2 Å². The summed E-state index contributed by atoms with van der Waals surface area (Å²) in [6.45, 7) is 9.18. The molecule has 29 heavy (non-hydrogen) atoms. The van der Waals surface area contributed by atoms with Gasteiger partial charge < -0.3 is 5.32 Å². The minimum Gasteiger partial charge on any atom is -0.322 e. The fraction of sp³-hybridized carbons (Fsp3) is 0.364. The molecule has 1 fully saturated rings. The monoisotopic (exact) mass is 409 g/mol. The molecule has 152 valence electrons. The van der Waals surface area contributed by atoms with Crippen molar-refractivity contribution in [2.24, 2.45) is 0 Å². The number of carbonyl (C=O) groups is 1. The fourth-order valence-electron chi connectivity index (χ4n) is 3.75. The molecule has 1 amide bonds. The number of para-hydroxylation sites is 1. The summed E-state index contributed by atoms with van der Waals surface area (Å²) >= 11 is 1.80. The molecule has 2 aromatic heterocycles. The van der Waals surface area contributed by atoms with Crippen LogP contribution >= 0.6 is 11.3 Å². The van der Waals surface area contributed by atoms with Crippen molar-refractivity contribution >= 4 is 22.9 Å². The van der Waals surface area contributed by atoms with E-state index in [1.807, 2.05) is 48.9 Å². The number of anilines is 1. The van der Waals surface area contributed by atoms with Crippen molar-refractivity contribution < 1.29 is 4.79 Å². The van der Waals surface area contributed by atoms with E-state index in [-0.39, 0.29) is 5.91 Å². The molecule has 0 bridgehead atoms. The van der Waals surface area contributed by atoms with Gasteiger partial charge in [0.05, 0.1) is 29.3 Å². The second-order valence-electron chi connectivity index (χ2n) is 7.47. The second kappa shape index (κ2) is 8.90. The maximum atomic E-state index is 12.7. The molecule has 3 heterocycles. The largest absolute Gasteiger partial charge is 0.322 e. The highest BCUT2D eigenvalue weighted by molar-refractivity contribution is 7.09. The average Bonchev–Trinajstić information content (AvgIpc) is 3.33. The van der Waals surface area contributed by atoms with E-state index in [2.05, 4.69) is 37.7 Å². The molecule has 7 heteroatoms. The van der Waals surface area contributed by atoms with Crippen LogP contribution < -0.4 is 5.32 Å². The average molecular weight is 410 g/mol. The van der Waals surface area contributed by atoms with Gasteiger partial charge >= 0.3 is 0 Å². The van der Waals surface area contributed by atoms with Gasteiger partial charge in [-0.1, -0.05) is 24.3 Å². The molecule has 0 spiro atoms. The Labute approximate surface area is 175 Å². The Morgan fingerprint density at radius 3 is 2.45 bits per heavy atom. The quantitative estimate of drug-likeness (QED) is 0.679. The van der Waals surface area contributed by atoms with E-state index in [0.29, 0.717) is 6.54 Å². The Bertz CT molecular complexity index is 943. The molecular weight excluding hydrogens is 382 g/mol. The van der Waals surface area contributed by atoms with Crippen molar-refractivity contribution in [1.82, 2.24) is 19.6 Å². The van der Waals surface area contributed by atoms with Gasteiger partial charge in [0, 0.05) is 37.6 Å². The van der Waals surface area contributed by atoms with E-state index in [1.54, 1.807) is 11.3 Å². The summed E-state index contributed by atoms with van der Waals surface area (Å²) in [7, 11) is 0. The van der Waals surface area contributed by atoms with E-state index in [4.69, 9.17) is 0 Å². The molecule has 1 saturated heterocycles. The third-order valence-electron chi connectivity index (χ3n) is 5.35. The molecular formula is C22H27N5OS. The maximum absolute atomic E-state index is 12.7. The van der Waals surface area contributed by atoms with Crippen LogP contribution in [0.1, 0.15) is 16.3 Å². The maximum Gasteiger partial charge on any atom is 0.238 e. The number of hydrogen-bond acceptors (Lipinski definition) is 5. The van der Waals surface area contributed by atoms with Crippen molar-refractivity contribution in [2.75, 3.05) is 38.0 Å². The van der Waals surface area contributed by atoms with Crippen LogP contribution in [0.15, 0.2) is 47.8 Å². The van der Waals surface area contributed by atoms with Crippen LogP contribution in [-0.2, 0) is 11.3 Å². The number of rotatable bonds is 6. The lowest BCUT2D eigenvalue weighted by atomic mass is 10.2. The Hall–Kier alpha value is -2.48. The Balaban J connectivity index is 1.32. The fourth-order valence-corrected chi connectivity index (χ4v) is 4.50. The molecule has 1 aliphatic heterocycles. The lowest BCUT2D eigenvalue weighted by Gasteiger charge is -2.34. The van der Waals surface area contributed by atoms with Crippen LogP contribution in [0.25, 0.3) is 5.69 Å².